The highest BCUT2D eigenvalue weighted by Gasteiger charge is 2.25. The molecule has 2 N–H and O–H groups in total. The molecule has 0 saturated carbocycles. The highest BCUT2D eigenvalue weighted by molar-refractivity contribution is 5.85. The zero-order chi connectivity index (χ0) is 12.8. The molecular weight excluding hydrogens is 273 g/mol. The Balaban J connectivity index is -0.00000112. The summed E-state index contributed by atoms with van der Waals surface area (Å²) < 4.78 is 0. The van der Waals surface area contributed by atoms with E-state index < -0.39 is 0 Å². The molecule has 0 fully saturated rings. The molecule has 0 aromatic rings. The molecule has 0 aliphatic carbocycles. The van der Waals surface area contributed by atoms with Crippen LogP contribution >= 0.6 is 24.8 Å². The molecule has 1 unspecified atom stereocenters. The minimum Gasteiger partial charge on any atom is -0.352 e. The average molecular weight is 302 g/mol. The normalized spacial score (nSPS) is 12.4. The van der Waals surface area contributed by atoms with E-state index in [9.17, 15) is 4.79 Å². The number of hydrogen-bond donors (Lipinski definition) is 2. The van der Waals surface area contributed by atoms with Crippen LogP contribution in [0.1, 0.15) is 27.2 Å². The molecule has 0 aliphatic rings. The molecule has 112 valence electrons. The van der Waals surface area contributed by atoms with E-state index in [1.165, 1.54) is 0 Å². The topological polar surface area (TPSA) is 44.4 Å². The van der Waals surface area contributed by atoms with Gasteiger partial charge in [-0.05, 0) is 39.5 Å². The van der Waals surface area contributed by atoms with Crippen LogP contribution in [0.2, 0.25) is 0 Å². The molecule has 0 rings (SSSR count). The number of nitrogens with zero attached hydrogens (tertiary/aromatic N) is 1. The predicted molar refractivity (Wildman–Crippen MR) is 83.0 cm³/mol. The van der Waals surface area contributed by atoms with Crippen molar-refractivity contribution in [3.63, 3.8) is 0 Å². The van der Waals surface area contributed by atoms with E-state index in [2.05, 4.69) is 50.4 Å². The van der Waals surface area contributed by atoms with Crippen LogP contribution in [0, 0.1) is 5.41 Å². The first-order valence-electron chi connectivity index (χ1n) is 5.86. The Morgan fingerprint density at radius 1 is 1.22 bits per heavy atom. The summed E-state index contributed by atoms with van der Waals surface area (Å²) in [5.74, 6) is 0.0705. The van der Waals surface area contributed by atoms with Crippen LogP contribution in [0.4, 0.5) is 0 Å². The lowest BCUT2D eigenvalue weighted by molar-refractivity contribution is -0.121. The number of carbonyl (C=O) groups is 1. The van der Waals surface area contributed by atoms with E-state index in [-0.39, 0.29) is 42.2 Å². The number of hydrogen-bond acceptors (Lipinski definition) is 3. The Kier molecular flexibility index (Phi) is 13.9. The van der Waals surface area contributed by atoms with Crippen molar-refractivity contribution in [3.05, 3.63) is 0 Å². The average Bonchev–Trinajstić information content (AvgIpc) is 2.10. The first-order valence-corrected chi connectivity index (χ1v) is 5.86. The van der Waals surface area contributed by atoms with Crippen molar-refractivity contribution in [2.24, 2.45) is 5.41 Å². The smallest absolute Gasteiger partial charge is 0.234 e. The number of nitrogens with one attached hydrogen (secondary N) is 2. The molecule has 0 bridgehead atoms. The first kappa shape index (κ1) is 23.1. The summed E-state index contributed by atoms with van der Waals surface area (Å²) in [6.07, 6.45) is 0.978. The van der Waals surface area contributed by atoms with Gasteiger partial charge in [-0.3, -0.25) is 4.79 Å². The van der Waals surface area contributed by atoms with Crippen LogP contribution in [0.15, 0.2) is 0 Å². The first-order chi connectivity index (χ1) is 7.27. The van der Waals surface area contributed by atoms with E-state index in [4.69, 9.17) is 0 Å². The third-order valence-electron chi connectivity index (χ3n) is 2.58. The number of halogens is 2. The molecule has 18 heavy (non-hydrogen) atoms. The molecular formula is C12H29Cl2N3O. The SMILES string of the molecule is CNCC(=O)NC(CCN(C)C)C(C)(C)C.Cl.Cl. The van der Waals surface area contributed by atoms with Crippen LogP contribution in [-0.4, -0.2) is 51.1 Å². The Hall–Kier alpha value is -0.0300. The molecule has 6 heteroatoms. The number of likely N-dealkylation sites (N-methyl/N-ethyl adjacent to an activating group) is 1. The fraction of sp³-hybridized carbons (Fsp3) is 0.917. The third kappa shape index (κ3) is 11.1. The van der Waals surface area contributed by atoms with E-state index in [0.717, 1.165) is 13.0 Å². The third-order valence-corrected chi connectivity index (χ3v) is 2.58. The summed E-state index contributed by atoms with van der Waals surface area (Å²) in [6.45, 7) is 7.85. The van der Waals surface area contributed by atoms with Gasteiger partial charge in [0.15, 0.2) is 0 Å². The zero-order valence-corrected chi connectivity index (χ0v) is 14.0. The maximum Gasteiger partial charge on any atom is 0.234 e. The highest BCUT2D eigenvalue weighted by Crippen LogP contribution is 2.21. The summed E-state index contributed by atoms with van der Waals surface area (Å²) in [4.78, 5) is 13.7. The van der Waals surface area contributed by atoms with Crippen molar-refractivity contribution in [1.29, 1.82) is 0 Å². The number of carbonyl (C=O) groups excluding carboxylic acids is 1. The van der Waals surface area contributed by atoms with Gasteiger partial charge in [0.25, 0.3) is 0 Å². The summed E-state index contributed by atoms with van der Waals surface area (Å²) in [7, 11) is 5.88. The van der Waals surface area contributed by atoms with Gasteiger partial charge >= 0.3 is 0 Å². The van der Waals surface area contributed by atoms with Gasteiger partial charge in [-0.1, -0.05) is 20.8 Å². The van der Waals surface area contributed by atoms with Crippen LogP contribution in [0.5, 0.6) is 0 Å². The molecule has 0 aromatic carbocycles. The van der Waals surface area contributed by atoms with Crippen LogP contribution in [-0.2, 0) is 4.79 Å². The highest BCUT2D eigenvalue weighted by atomic mass is 35.5. The summed E-state index contributed by atoms with van der Waals surface area (Å²) in [5, 5.41) is 5.95. The largest absolute Gasteiger partial charge is 0.352 e. The minimum absolute atomic E-state index is 0. The quantitative estimate of drug-likeness (QED) is 0.782. The lowest BCUT2D eigenvalue weighted by atomic mass is 9.84. The van der Waals surface area contributed by atoms with Gasteiger partial charge in [-0.2, -0.15) is 0 Å². The maximum atomic E-state index is 11.6. The molecule has 0 spiro atoms. The zero-order valence-electron chi connectivity index (χ0n) is 12.4. The van der Waals surface area contributed by atoms with Gasteiger partial charge in [-0.25, -0.2) is 0 Å². The predicted octanol–water partition coefficient (Wildman–Crippen LogP) is 1.53. The molecule has 0 heterocycles. The van der Waals surface area contributed by atoms with Gasteiger partial charge in [0.2, 0.25) is 5.91 Å². The summed E-state index contributed by atoms with van der Waals surface area (Å²) in [5.41, 5.74) is 0.0966. The summed E-state index contributed by atoms with van der Waals surface area (Å²) >= 11 is 0. The van der Waals surface area contributed by atoms with Crippen molar-refractivity contribution in [2.45, 2.75) is 33.2 Å². The van der Waals surface area contributed by atoms with E-state index >= 15 is 0 Å². The standard InChI is InChI=1S/C12H27N3O.2ClH/c1-12(2,3)10(7-8-15(5)6)14-11(16)9-13-4;;/h10,13H,7-9H2,1-6H3,(H,14,16);2*1H. The molecule has 4 nitrogen and oxygen atoms in total. The molecule has 0 aliphatic heterocycles. The lowest BCUT2D eigenvalue weighted by Gasteiger charge is -2.32. The Bertz CT molecular complexity index is 218. The second-order valence-corrected chi connectivity index (χ2v) is 5.61. The van der Waals surface area contributed by atoms with Crippen molar-refractivity contribution >= 4 is 30.7 Å². The fourth-order valence-electron chi connectivity index (χ4n) is 1.51. The van der Waals surface area contributed by atoms with Crippen LogP contribution < -0.4 is 10.6 Å². The Morgan fingerprint density at radius 3 is 2.06 bits per heavy atom. The van der Waals surface area contributed by atoms with Gasteiger partial charge < -0.3 is 15.5 Å². The fourth-order valence-corrected chi connectivity index (χ4v) is 1.51. The van der Waals surface area contributed by atoms with Crippen molar-refractivity contribution in [2.75, 3.05) is 34.2 Å². The molecule has 0 radical (unpaired) electrons. The van der Waals surface area contributed by atoms with Gasteiger partial charge in [0.1, 0.15) is 0 Å². The summed E-state index contributed by atoms with van der Waals surface area (Å²) in [6, 6.07) is 0.218. The van der Waals surface area contributed by atoms with Crippen molar-refractivity contribution in [3.8, 4) is 0 Å². The molecule has 0 aromatic heterocycles. The molecule has 1 atom stereocenters. The van der Waals surface area contributed by atoms with Gasteiger partial charge in [0.05, 0.1) is 6.54 Å². The number of rotatable bonds is 6. The van der Waals surface area contributed by atoms with E-state index in [1.807, 2.05) is 0 Å². The van der Waals surface area contributed by atoms with Crippen molar-refractivity contribution in [1.82, 2.24) is 15.5 Å². The second-order valence-electron chi connectivity index (χ2n) is 5.61. The molecule has 1 amide bonds. The molecule has 0 saturated heterocycles. The van der Waals surface area contributed by atoms with E-state index in [0.29, 0.717) is 6.54 Å². The Labute approximate surface area is 124 Å². The van der Waals surface area contributed by atoms with Crippen LogP contribution in [0.25, 0.3) is 0 Å². The Morgan fingerprint density at radius 2 is 1.72 bits per heavy atom. The maximum absolute atomic E-state index is 11.6. The minimum atomic E-state index is 0. The van der Waals surface area contributed by atoms with Gasteiger partial charge in [-0.15, -0.1) is 24.8 Å². The monoisotopic (exact) mass is 301 g/mol. The van der Waals surface area contributed by atoms with Gasteiger partial charge in [0, 0.05) is 6.04 Å². The number of amides is 1. The van der Waals surface area contributed by atoms with Crippen LogP contribution in [0.3, 0.4) is 0 Å². The van der Waals surface area contributed by atoms with Crippen molar-refractivity contribution < 1.29 is 4.79 Å². The second kappa shape index (κ2) is 10.9. The van der Waals surface area contributed by atoms with E-state index in [1.54, 1.807) is 7.05 Å². The lowest BCUT2D eigenvalue weighted by Crippen LogP contribution is -2.47.